The number of fused-ring (bicyclic) bond motifs is 3. The molecule has 0 aliphatic rings. The maximum atomic E-state index is 10.8. The van der Waals surface area contributed by atoms with E-state index in [1.54, 1.807) is 6.92 Å². The highest BCUT2D eigenvalue weighted by Gasteiger charge is 2.19. The third-order valence-corrected chi connectivity index (χ3v) is 6.12. The van der Waals surface area contributed by atoms with Crippen LogP contribution in [0.25, 0.3) is 21.8 Å². The number of hydrogen-bond acceptors (Lipinski definition) is 5. The fourth-order valence-corrected chi connectivity index (χ4v) is 4.08. The number of aromatic amines is 1. The highest BCUT2D eigenvalue weighted by molar-refractivity contribution is 6.10. The molecular weight excluding hydrogens is 440 g/mol. The van der Waals surface area contributed by atoms with Crippen molar-refractivity contribution in [1.82, 2.24) is 10.3 Å². The van der Waals surface area contributed by atoms with Gasteiger partial charge < -0.3 is 29.6 Å². The maximum absolute atomic E-state index is 10.8. The number of benzene rings is 3. The molecule has 0 bridgehead atoms. The molecule has 0 fully saturated rings. The molecule has 186 valence electrons. The Morgan fingerprint density at radius 2 is 1.63 bits per heavy atom. The van der Waals surface area contributed by atoms with Gasteiger partial charge in [-0.05, 0) is 82.1 Å². The molecule has 0 radical (unpaired) electrons. The molecule has 4 aromatic rings. The van der Waals surface area contributed by atoms with Gasteiger partial charge in [-0.15, -0.1) is 0 Å². The van der Waals surface area contributed by atoms with Gasteiger partial charge in [0, 0.05) is 28.4 Å². The van der Waals surface area contributed by atoms with E-state index in [0.29, 0.717) is 5.75 Å². The largest absolute Gasteiger partial charge is 0.490 e. The van der Waals surface area contributed by atoms with Crippen LogP contribution in [0.15, 0.2) is 54.5 Å². The molecule has 1 aromatic heterocycles. The first-order valence-corrected chi connectivity index (χ1v) is 12.0. The molecule has 3 unspecified atom stereocenters. The Balaban J connectivity index is 1.40. The number of aliphatic hydroxyl groups excluding tert-OH is 1. The summed E-state index contributed by atoms with van der Waals surface area (Å²) in [6.45, 7) is 10.1. The van der Waals surface area contributed by atoms with Crippen LogP contribution in [0.3, 0.4) is 0 Å². The number of aliphatic hydroxyl groups is 1. The lowest BCUT2D eigenvalue weighted by molar-refractivity contribution is 0.0729. The Morgan fingerprint density at radius 1 is 0.943 bits per heavy atom. The average molecular weight is 481 g/mol. The van der Waals surface area contributed by atoms with Crippen LogP contribution in [0, 0.1) is 13.8 Å². The highest BCUT2D eigenvalue weighted by atomic mass is 16.5. The normalized spacial score (nSPS) is 15.7. The molecule has 35 heavy (non-hydrogen) atoms. The van der Waals surface area contributed by atoms with Crippen molar-refractivity contribution in [3.05, 3.63) is 65.6 Å². The van der Waals surface area contributed by atoms with E-state index in [2.05, 4.69) is 36.3 Å². The molecule has 4 rings (SSSR count). The zero-order valence-corrected chi connectivity index (χ0v) is 20.9. The van der Waals surface area contributed by atoms with Crippen LogP contribution in [-0.2, 0) is 0 Å². The fraction of sp³-hybridized carbons (Fsp3) is 0.379. The standard InChI is InChI=1S/C29H36N2O4/c1-6-33-26-11-7-8-12-27(26)34-16-20(4)30-21(5)25(32)17-35-28-13-9-10-23-29(28)22-14-18(2)19(3)15-24(22)31-23/h7-15,20-21,25,30-32H,6,16-17H2,1-5H3/i7D,8D,11D,12D. The zero-order chi connectivity index (χ0) is 28.4. The van der Waals surface area contributed by atoms with Crippen molar-refractivity contribution in [1.29, 1.82) is 0 Å². The van der Waals surface area contributed by atoms with Gasteiger partial charge in [0.1, 0.15) is 25.1 Å². The van der Waals surface area contributed by atoms with Crippen molar-refractivity contribution in [2.75, 3.05) is 19.8 Å². The molecule has 1 heterocycles. The summed E-state index contributed by atoms with van der Waals surface area (Å²) in [4.78, 5) is 3.45. The summed E-state index contributed by atoms with van der Waals surface area (Å²) in [6, 6.07) is 8.24. The molecule has 6 heteroatoms. The SMILES string of the molecule is [2H]c1c([2H])c([2H])c(OCC(C)NC(C)C(O)COc2cccc3[nH]c4cc(C)c(C)cc4c23)c(OCC)c1[2H]. The summed E-state index contributed by atoms with van der Waals surface area (Å²) in [7, 11) is 0. The van der Waals surface area contributed by atoms with E-state index in [4.69, 9.17) is 19.7 Å². The van der Waals surface area contributed by atoms with Gasteiger partial charge in [-0.25, -0.2) is 0 Å². The first-order chi connectivity index (χ1) is 18.5. The van der Waals surface area contributed by atoms with Crippen molar-refractivity contribution >= 4 is 21.8 Å². The number of aromatic nitrogens is 1. The van der Waals surface area contributed by atoms with Crippen LogP contribution >= 0.6 is 0 Å². The first-order valence-electron chi connectivity index (χ1n) is 14.0. The second-order valence-electron chi connectivity index (χ2n) is 8.92. The van der Waals surface area contributed by atoms with Gasteiger partial charge in [0.25, 0.3) is 0 Å². The molecule has 0 aliphatic carbocycles. The molecule has 0 spiro atoms. The van der Waals surface area contributed by atoms with Gasteiger partial charge in [-0.3, -0.25) is 0 Å². The Morgan fingerprint density at radius 3 is 2.37 bits per heavy atom. The van der Waals surface area contributed by atoms with E-state index in [9.17, 15) is 5.11 Å². The molecule has 3 atom stereocenters. The van der Waals surface area contributed by atoms with E-state index in [1.165, 1.54) is 11.1 Å². The van der Waals surface area contributed by atoms with Crippen LogP contribution in [-0.4, -0.2) is 48.1 Å². The van der Waals surface area contributed by atoms with Crippen molar-refractivity contribution in [2.24, 2.45) is 0 Å². The van der Waals surface area contributed by atoms with Crippen molar-refractivity contribution < 1.29 is 24.8 Å². The molecular formula is C29H36N2O4. The third-order valence-electron chi connectivity index (χ3n) is 6.12. The predicted octanol–water partition coefficient (Wildman–Crippen LogP) is 5.52. The van der Waals surface area contributed by atoms with Gasteiger partial charge in [0.05, 0.1) is 17.6 Å². The second kappa shape index (κ2) is 11.0. The molecule has 0 saturated heterocycles. The summed E-state index contributed by atoms with van der Waals surface area (Å²) >= 11 is 0. The number of aryl methyl sites for hydroxylation is 2. The lowest BCUT2D eigenvalue weighted by atomic mass is 10.1. The summed E-state index contributed by atoms with van der Waals surface area (Å²) in [5.41, 5.74) is 4.44. The van der Waals surface area contributed by atoms with Crippen LogP contribution in [0.4, 0.5) is 0 Å². The Kier molecular flexibility index (Phi) is 6.30. The van der Waals surface area contributed by atoms with Crippen LogP contribution in [0.2, 0.25) is 0 Å². The van der Waals surface area contributed by atoms with E-state index < -0.39 is 6.10 Å². The lowest BCUT2D eigenvalue weighted by Gasteiger charge is -2.25. The van der Waals surface area contributed by atoms with Gasteiger partial charge >= 0.3 is 0 Å². The number of para-hydroxylation sites is 2. The number of ether oxygens (including phenoxy) is 3. The van der Waals surface area contributed by atoms with Crippen LogP contribution < -0.4 is 19.5 Å². The van der Waals surface area contributed by atoms with Crippen molar-refractivity contribution in [3.8, 4) is 17.2 Å². The minimum atomic E-state index is -0.815. The maximum Gasteiger partial charge on any atom is 0.161 e. The quantitative estimate of drug-likeness (QED) is 0.263. The summed E-state index contributed by atoms with van der Waals surface area (Å²) in [6.07, 6.45) is -0.815. The molecule has 3 N–H and O–H groups in total. The summed E-state index contributed by atoms with van der Waals surface area (Å²) in [5, 5.41) is 16.2. The van der Waals surface area contributed by atoms with E-state index >= 15 is 0 Å². The second-order valence-corrected chi connectivity index (χ2v) is 8.92. The lowest BCUT2D eigenvalue weighted by Crippen LogP contribution is -2.46. The van der Waals surface area contributed by atoms with Gasteiger partial charge in [-0.2, -0.15) is 0 Å². The van der Waals surface area contributed by atoms with Crippen molar-refractivity contribution in [2.45, 2.75) is 52.8 Å². The number of nitrogens with one attached hydrogen (secondary N) is 2. The smallest absolute Gasteiger partial charge is 0.161 e. The number of hydrogen-bond donors (Lipinski definition) is 3. The van der Waals surface area contributed by atoms with Gasteiger partial charge in [0.2, 0.25) is 0 Å². The van der Waals surface area contributed by atoms with E-state index in [-0.39, 0.29) is 67.6 Å². The Hall–Kier alpha value is -3.22. The molecule has 0 amide bonds. The van der Waals surface area contributed by atoms with E-state index in [1.807, 2.05) is 32.0 Å². The van der Waals surface area contributed by atoms with Gasteiger partial charge in [-0.1, -0.05) is 18.2 Å². The summed E-state index contributed by atoms with van der Waals surface area (Å²) < 4.78 is 49.4. The van der Waals surface area contributed by atoms with Crippen LogP contribution in [0.5, 0.6) is 17.2 Å². The third kappa shape index (κ3) is 5.72. The highest BCUT2D eigenvalue weighted by Crippen LogP contribution is 2.34. The first kappa shape index (κ1) is 20.0. The number of rotatable bonds is 11. The average Bonchev–Trinajstić information content (AvgIpc) is 3.26. The monoisotopic (exact) mass is 480 g/mol. The molecule has 0 aliphatic heterocycles. The minimum absolute atomic E-state index is 0.00556. The zero-order valence-electron chi connectivity index (χ0n) is 24.9. The molecule has 3 aromatic carbocycles. The topological polar surface area (TPSA) is 75.7 Å². The van der Waals surface area contributed by atoms with Crippen LogP contribution in [0.1, 0.15) is 37.4 Å². The minimum Gasteiger partial charge on any atom is -0.490 e. The molecule has 0 saturated carbocycles. The number of H-pyrrole nitrogens is 1. The fourth-order valence-electron chi connectivity index (χ4n) is 4.08. The summed E-state index contributed by atoms with van der Waals surface area (Å²) in [5.74, 6) is 0.672. The predicted molar refractivity (Wildman–Crippen MR) is 142 cm³/mol. The van der Waals surface area contributed by atoms with Crippen molar-refractivity contribution in [3.63, 3.8) is 0 Å². The Bertz CT molecular complexity index is 1490. The Labute approximate surface area is 212 Å². The molecule has 6 nitrogen and oxygen atoms in total. The van der Waals surface area contributed by atoms with E-state index in [0.717, 1.165) is 21.8 Å². The van der Waals surface area contributed by atoms with Gasteiger partial charge in [0.15, 0.2) is 11.5 Å².